The summed E-state index contributed by atoms with van der Waals surface area (Å²) in [5.41, 5.74) is 0.291. The monoisotopic (exact) mass is 692 g/mol. The molecule has 2 aliphatic heterocycles. The number of alkyl carbamates (subject to hydrolysis) is 1. The normalized spacial score (nSPS) is 28.5. The van der Waals surface area contributed by atoms with E-state index in [9.17, 15) is 24.3 Å². The van der Waals surface area contributed by atoms with Crippen LogP contribution in [-0.4, -0.2) is 83.6 Å². The molecule has 1 aromatic heterocycles. The van der Waals surface area contributed by atoms with Crippen LogP contribution in [0.1, 0.15) is 76.2 Å². The van der Waals surface area contributed by atoms with Crippen molar-refractivity contribution in [1.82, 2.24) is 15.5 Å². The Morgan fingerprint density at radius 1 is 1.10 bits per heavy atom. The summed E-state index contributed by atoms with van der Waals surface area (Å²) in [6, 6.07) is 7.71. The summed E-state index contributed by atoms with van der Waals surface area (Å²) in [4.78, 5) is 61.8. The van der Waals surface area contributed by atoms with Crippen LogP contribution < -0.4 is 15.4 Å². The highest BCUT2D eigenvalue weighted by Gasteiger charge is 2.61. The molecule has 0 radical (unpaired) electrons. The van der Waals surface area contributed by atoms with Gasteiger partial charge in [0.05, 0.1) is 19.9 Å². The quantitative estimate of drug-likeness (QED) is 0.192. The molecule has 2 aromatic rings. The number of hydrogen-bond acceptors (Lipinski definition) is 9. The number of oxime groups is 1. The molecule has 0 bridgehead atoms. The number of nitrogens with zero attached hydrogens (tertiary/aromatic N) is 2. The van der Waals surface area contributed by atoms with Gasteiger partial charge in [0, 0.05) is 28.3 Å². The number of fused-ring (bicyclic) bond motifs is 2. The third-order valence-corrected chi connectivity index (χ3v) is 10.8. The Balaban J connectivity index is 1.23. The molecular weight excluding hydrogens is 648 g/mol. The van der Waals surface area contributed by atoms with Crippen LogP contribution in [0.5, 0.6) is 5.75 Å². The Hall–Kier alpha value is -4.39. The van der Waals surface area contributed by atoms with Gasteiger partial charge in [0.15, 0.2) is 0 Å². The molecular formula is C36H44N4O8S. The third-order valence-electron chi connectivity index (χ3n) is 9.94. The van der Waals surface area contributed by atoms with Gasteiger partial charge in [-0.1, -0.05) is 36.2 Å². The zero-order valence-corrected chi connectivity index (χ0v) is 28.5. The lowest BCUT2D eigenvalue weighted by Crippen LogP contribution is -2.56. The Morgan fingerprint density at radius 3 is 2.67 bits per heavy atom. The van der Waals surface area contributed by atoms with Gasteiger partial charge in [0.25, 0.3) is 0 Å². The summed E-state index contributed by atoms with van der Waals surface area (Å²) in [7, 11) is 1.59. The maximum atomic E-state index is 14.2. The van der Waals surface area contributed by atoms with E-state index < -0.39 is 47.6 Å². The number of aliphatic carboxylic acids is 1. The molecule has 13 heteroatoms. The smallest absolute Gasteiger partial charge is 0.408 e. The van der Waals surface area contributed by atoms with Gasteiger partial charge in [-0.2, -0.15) is 0 Å². The van der Waals surface area contributed by atoms with Crippen molar-refractivity contribution in [3.63, 3.8) is 0 Å². The predicted octanol–water partition coefficient (Wildman–Crippen LogP) is 5.26. The number of ether oxygens (including phenoxy) is 2. The summed E-state index contributed by atoms with van der Waals surface area (Å²) < 4.78 is 11.0. The number of hydrogen-bond donors (Lipinski definition) is 3. The van der Waals surface area contributed by atoms with Crippen molar-refractivity contribution in [2.75, 3.05) is 13.7 Å². The highest BCUT2D eigenvalue weighted by molar-refractivity contribution is 7.13. The average Bonchev–Trinajstić information content (AvgIpc) is 3.59. The molecule has 1 aromatic carbocycles. The molecule has 2 aliphatic carbocycles. The van der Waals surface area contributed by atoms with Crippen LogP contribution in [0.15, 0.2) is 53.0 Å². The van der Waals surface area contributed by atoms with Crippen molar-refractivity contribution in [3.05, 3.63) is 53.4 Å². The number of carbonyl (C=O) groups is 4. The van der Waals surface area contributed by atoms with E-state index in [0.717, 1.165) is 60.9 Å². The Bertz CT molecular complexity index is 1570. The Labute approximate surface area is 289 Å². The fourth-order valence-corrected chi connectivity index (χ4v) is 7.85. The minimum Gasteiger partial charge on any atom is -0.497 e. The lowest BCUT2D eigenvalue weighted by atomic mass is 10.0. The summed E-state index contributed by atoms with van der Waals surface area (Å²) >= 11 is 1.59. The number of benzene rings is 1. The number of nitrogens with one attached hydrogen (secondary N) is 2. The van der Waals surface area contributed by atoms with E-state index in [1.54, 1.807) is 24.7 Å². The van der Waals surface area contributed by atoms with E-state index in [1.165, 1.54) is 4.90 Å². The molecule has 3 fully saturated rings. The van der Waals surface area contributed by atoms with Crippen molar-refractivity contribution in [1.29, 1.82) is 0 Å². The summed E-state index contributed by atoms with van der Waals surface area (Å²) in [6.45, 7) is 0.0312. The number of carbonyl (C=O) groups excluding carboxylic acids is 3. The van der Waals surface area contributed by atoms with Gasteiger partial charge in [0.1, 0.15) is 35.6 Å². The maximum absolute atomic E-state index is 14.2. The number of methoxy groups -OCH3 is 1. The second kappa shape index (κ2) is 15.4. The van der Waals surface area contributed by atoms with Crippen LogP contribution in [0.2, 0.25) is 0 Å². The van der Waals surface area contributed by atoms with Gasteiger partial charge in [0.2, 0.25) is 11.8 Å². The van der Waals surface area contributed by atoms with Crippen LogP contribution >= 0.6 is 11.3 Å². The van der Waals surface area contributed by atoms with Crippen molar-refractivity contribution >= 4 is 41.4 Å². The van der Waals surface area contributed by atoms with Crippen LogP contribution in [0.4, 0.5) is 4.79 Å². The molecule has 0 spiro atoms. The minimum absolute atomic E-state index is 0.0312. The lowest BCUT2D eigenvalue weighted by molar-refractivity contribution is -0.145. The fraction of sp³-hybridized carbons (Fsp3) is 0.528. The molecule has 6 rings (SSSR count). The van der Waals surface area contributed by atoms with Crippen LogP contribution in [0.25, 0.3) is 10.4 Å². The maximum Gasteiger partial charge on any atom is 0.408 e. The zero-order valence-electron chi connectivity index (χ0n) is 27.7. The van der Waals surface area contributed by atoms with E-state index in [-0.39, 0.29) is 31.4 Å². The van der Waals surface area contributed by atoms with E-state index in [0.29, 0.717) is 18.6 Å². The topological polar surface area (TPSA) is 156 Å². The molecule has 49 heavy (non-hydrogen) atoms. The molecule has 1 unspecified atom stereocenters. The molecule has 4 aliphatic rings. The summed E-state index contributed by atoms with van der Waals surface area (Å²) in [5, 5.41) is 22.0. The number of amides is 3. The summed E-state index contributed by atoms with van der Waals surface area (Å²) in [5.74, 6) is -1.79. The Kier molecular flexibility index (Phi) is 10.9. The minimum atomic E-state index is -1.42. The molecule has 1 saturated heterocycles. The number of allylic oxidation sites excluding steroid dienone is 1. The largest absolute Gasteiger partial charge is 0.497 e. The third kappa shape index (κ3) is 8.09. The van der Waals surface area contributed by atoms with Gasteiger partial charge >= 0.3 is 12.1 Å². The second-order valence-electron chi connectivity index (χ2n) is 13.3. The first-order valence-corrected chi connectivity index (χ1v) is 18.1. The van der Waals surface area contributed by atoms with Crippen molar-refractivity contribution in [2.24, 2.45) is 11.1 Å². The molecule has 3 amide bonds. The van der Waals surface area contributed by atoms with Crippen molar-refractivity contribution in [3.8, 4) is 16.2 Å². The van der Waals surface area contributed by atoms with Crippen LogP contribution in [0.3, 0.4) is 0 Å². The first-order chi connectivity index (χ1) is 23.8. The lowest BCUT2D eigenvalue weighted by Gasteiger charge is -2.29. The Morgan fingerprint density at radius 2 is 1.92 bits per heavy atom. The highest BCUT2D eigenvalue weighted by Crippen LogP contribution is 2.45. The standard InChI is InChI=1S/C36H44N4O8S/c1-46-26-15-16-28(31-14-9-17-49-31)23(18-26)21-37-48-27-19-30-32(41)39-36(34(43)44)20-24(36)10-5-3-2-4-6-13-29(33(42)40(30)22-27)38-35(45)47-25-11-7-8-12-25/h5,9-10,14-18,21,24-25,27,29-30H,2-4,6-8,11-13,19-20,22H2,1H3,(H,38,45)(H,39,41)(H,43,44)/b10-5-,37-21+/t24?,27-,29+,30+,36-/m1/s1. The van der Waals surface area contributed by atoms with Crippen molar-refractivity contribution in [2.45, 2.75) is 100 Å². The number of rotatable bonds is 8. The van der Waals surface area contributed by atoms with Crippen molar-refractivity contribution < 1.29 is 38.6 Å². The van der Waals surface area contributed by atoms with Gasteiger partial charge in [-0.15, -0.1) is 11.3 Å². The van der Waals surface area contributed by atoms with Gasteiger partial charge in [-0.05, 0) is 81.0 Å². The first kappa shape index (κ1) is 34.5. The van der Waals surface area contributed by atoms with E-state index >= 15 is 0 Å². The fourth-order valence-electron chi connectivity index (χ4n) is 7.08. The van der Waals surface area contributed by atoms with Crippen LogP contribution in [-0.2, 0) is 24.0 Å². The van der Waals surface area contributed by atoms with Gasteiger partial charge in [-0.25, -0.2) is 9.59 Å². The van der Waals surface area contributed by atoms with Gasteiger partial charge in [-0.3, -0.25) is 9.59 Å². The van der Waals surface area contributed by atoms with Crippen LogP contribution in [0, 0.1) is 5.92 Å². The predicted molar refractivity (Wildman–Crippen MR) is 183 cm³/mol. The van der Waals surface area contributed by atoms with Gasteiger partial charge < -0.3 is 35.0 Å². The molecule has 5 atom stereocenters. The molecule has 2 saturated carbocycles. The highest BCUT2D eigenvalue weighted by atomic mass is 32.1. The molecule has 12 nitrogen and oxygen atoms in total. The summed E-state index contributed by atoms with van der Waals surface area (Å²) in [6.07, 6.45) is 11.4. The number of thiophene rings is 1. The zero-order chi connectivity index (χ0) is 34.4. The van der Waals surface area contributed by atoms with E-state index in [4.69, 9.17) is 14.3 Å². The molecule has 3 N–H and O–H groups in total. The molecule has 3 heterocycles. The van der Waals surface area contributed by atoms with E-state index in [2.05, 4.69) is 15.8 Å². The second-order valence-corrected chi connectivity index (χ2v) is 14.2. The number of carboxylic acid groups (broad SMARTS) is 1. The first-order valence-electron chi connectivity index (χ1n) is 17.2. The number of carboxylic acids is 1. The van der Waals surface area contributed by atoms with E-state index in [1.807, 2.05) is 47.9 Å². The molecule has 262 valence electrons. The SMILES string of the molecule is COc1ccc(-c2cccs2)c(/C=N/O[C@@H]2C[C@H]3C(=O)N[C@]4(C(=O)O)CC4/C=C\CCCCC[C@H](NC(=O)OC4CCCC4)C(=O)N3C2)c1. The average molecular weight is 693 g/mol.